The summed E-state index contributed by atoms with van der Waals surface area (Å²) in [6.45, 7) is 1.25. The van der Waals surface area contributed by atoms with E-state index in [1.54, 1.807) is 48.8 Å². The first-order valence-corrected chi connectivity index (χ1v) is 19.8. The number of aliphatic hydroxyl groups is 1. The molecular weight excluding hydrogens is 879 g/mol. The van der Waals surface area contributed by atoms with Gasteiger partial charge in [0.1, 0.15) is 60.4 Å². The largest absolute Gasteiger partial charge is 0.508 e. The molecule has 2 spiro atoms. The van der Waals surface area contributed by atoms with Crippen LogP contribution in [0.15, 0.2) is 125 Å². The number of amidine groups is 2. The normalized spacial score (nSPS) is 20.2. The predicted molar refractivity (Wildman–Crippen MR) is 234 cm³/mol. The highest BCUT2D eigenvalue weighted by atomic mass is 79.9. The van der Waals surface area contributed by atoms with Gasteiger partial charge in [-0.1, -0.05) is 29.4 Å². The van der Waals surface area contributed by atoms with Gasteiger partial charge >= 0.3 is 7.12 Å². The molecule has 2 aromatic heterocycles. The zero-order valence-electron chi connectivity index (χ0n) is 32.6. The minimum Gasteiger partial charge on any atom is -0.508 e. The Labute approximate surface area is 369 Å². The fourth-order valence-corrected chi connectivity index (χ4v) is 7.65. The first kappa shape index (κ1) is 44.2. The van der Waals surface area contributed by atoms with Crippen molar-refractivity contribution in [3.63, 3.8) is 0 Å². The van der Waals surface area contributed by atoms with E-state index in [1.165, 1.54) is 25.0 Å². The topological polar surface area (TPSA) is 276 Å². The number of phenolic OH excluding ortho intramolecular Hbond substituents is 2. The van der Waals surface area contributed by atoms with Crippen molar-refractivity contribution < 1.29 is 49.1 Å². The number of aliphatic hydroxyl groups excluding tert-OH is 1. The van der Waals surface area contributed by atoms with Gasteiger partial charge in [0, 0.05) is 75.6 Å². The van der Waals surface area contributed by atoms with Crippen molar-refractivity contribution >= 4 is 40.6 Å². The second kappa shape index (κ2) is 18.6. The van der Waals surface area contributed by atoms with Crippen LogP contribution in [0.3, 0.4) is 0 Å². The minimum atomic E-state index is -1.47. The molecule has 0 aliphatic carbocycles. The number of halogens is 1. The van der Waals surface area contributed by atoms with E-state index in [2.05, 4.69) is 45.9 Å². The third-order valence-corrected chi connectivity index (χ3v) is 10.7. The SMILES string of the molecule is C.NC1=NC2(CO1)c1cc(O)ccc1Oc1ccc(-c3cncnc3)cc12.NC1=NC2(CO1)c1cc(O)ccc1Oc1ccc(Br)cc12.OB(O)c1cncnc1.OC1CCCO1. The lowest BCUT2D eigenvalue weighted by molar-refractivity contribution is -0.0589. The van der Waals surface area contributed by atoms with Crippen LogP contribution in [-0.4, -0.2) is 90.6 Å². The van der Waals surface area contributed by atoms with Gasteiger partial charge in [-0.25, -0.2) is 29.9 Å². The molecule has 3 atom stereocenters. The fourth-order valence-electron chi connectivity index (χ4n) is 7.29. The number of hydrogen-bond donors (Lipinski definition) is 7. The molecule has 0 bridgehead atoms. The van der Waals surface area contributed by atoms with Crippen molar-refractivity contribution in [2.24, 2.45) is 21.5 Å². The number of rotatable bonds is 2. The molecule has 9 N–H and O–H groups in total. The smallest absolute Gasteiger partial charge is 0.491 e. The van der Waals surface area contributed by atoms with E-state index < -0.39 is 24.5 Å². The molecule has 1 saturated heterocycles. The van der Waals surface area contributed by atoms with Crippen LogP contribution in [0.25, 0.3) is 11.1 Å². The third kappa shape index (κ3) is 9.20. The highest BCUT2D eigenvalue weighted by Crippen LogP contribution is 2.53. The van der Waals surface area contributed by atoms with Gasteiger partial charge in [0.05, 0.1) is 0 Å². The van der Waals surface area contributed by atoms with Gasteiger partial charge in [0.2, 0.25) is 0 Å². The van der Waals surface area contributed by atoms with Crippen LogP contribution >= 0.6 is 15.9 Å². The molecule has 3 unspecified atom stereocenters. The maximum absolute atomic E-state index is 9.99. The average molecular weight is 922 g/mol. The predicted octanol–water partition coefficient (Wildman–Crippen LogP) is 4.30. The van der Waals surface area contributed by atoms with Gasteiger partial charge in [-0.3, -0.25) is 0 Å². The van der Waals surface area contributed by atoms with Crippen LogP contribution in [0.2, 0.25) is 0 Å². The van der Waals surface area contributed by atoms with Crippen molar-refractivity contribution in [1.29, 1.82) is 0 Å². The van der Waals surface area contributed by atoms with Gasteiger partial charge in [-0.05, 0) is 78.7 Å². The Morgan fingerprint density at radius 2 is 1.11 bits per heavy atom. The highest BCUT2D eigenvalue weighted by molar-refractivity contribution is 9.10. The van der Waals surface area contributed by atoms with Crippen LogP contribution in [-0.2, 0) is 25.3 Å². The van der Waals surface area contributed by atoms with E-state index in [-0.39, 0.29) is 44.2 Å². The number of ether oxygens (including phenoxy) is 5. The lowest BCUT2D eigenvalue weighted by atomic mass is 9.80. The van der Waals surface area contributed by atoms with E-state index in [1.807, 2.05) is 36.4 Å². The molecule has 5 aliphatic heterocycles. The molecule has 0 radical (unpaired) electrons. The minimum absolute atomic E-state index is 0. The third-order valence-electron chi connectivity index (χ3n) is 10.2. The van der Waals surface area contributed by atoms with Crippen LogP contribution in [0.5, 0.6) is 34.5 Å². The second-order valence-electron chi connectivity index (χ2n) is 14.3. The monoisotopic (exact) mass is 920 g/mol. The maximum Gasteiger partial charge on any atom is 0.491 e. The van der Waals surface area contributed by atoms with Gasteiger partial charge in [0.25, 0.3) is 12.0 Å². The van der Waals surface area contributed by atoms with Gasteiger partial charge in [-0.15, -0.1) is 0 Å². The Balaban J connectivity index is 0.000000143. The van der Waals surface area contributed by atoms with E-state index >= 15 is 0 Å². The lowest BCUT2D eigenvalue weighted by Crippen LogP contribution is -2.31. The first-order chi connectivity index (χ1) is 29.9. The zero-order chi connectivity index (χ0) is 43.4. The Morgan fingerprint density at radius 3 is 1.54 bits per heavy atom. The Morgan fingerprint density at radius 1 is 0.635 bits per heavy atom. The second-order valence-corrected chi connectivity index (χ2v) is 15.2. The molecule has 7 heterocycles. The number of benzene rings is 4. The van der Waals surface area contributed by atoms with Crippen molar-refractivity contribution in [3.05, 3.63) is 137 Å². The number of aliphatic imine (C=N–C) groups is 2. The van der Waals surface area contributed by atoms with Crippen LogP contribution in [0, 0.1) is 0 Å². The number of fused-ring (bicyclic) bond motifs is 8. The summed E-state index contributed by atoms with van der Waals surface area (Å²) in [5.41, 5.74) is 15.2. The van der Waals surface area contributed by atoms with Gasteiger partial charge in [-0.2, -0.15) is 0 Å². The fraction of sp³-hybridized carbons (Fsp3) is 0.209. The molecule has 11 rings (SSSR count). The zero-order valence-corrected chi connectivity index (χ0v) is 34.2. The lowest BCUT2D eigenvalue weighted by Gasteiger charge is -2.33. The van der Waals surface area contributed by atoms with Gasteiger partial charge in [0.15, 0.2) is 17.4 Å². The quantitative estimate of drug-likeness (QED) is 0.119. The standard InChI is InChI=1S/C19H14N4O3.C15H11BrN2O3.C4H5BN2O2.C4H8O2.CH4/c20-18-23-19(9-25-18)14-5-11(12-7-21-10-22-8-12)1-3-16(14)26-17-4-2-13(24)6-15(17)19;16-8-1-3-12-10(5-8)15(7-20-14(17)18-15)11-6-9(19)2-4-13(11)21-12;8-5(9)4-1-6-3-7-2-4;5-4-2-1-3-6-4;/h1-8,10,24H,9H2,(H2,20,23);1-6,19H,7H2,(H2,17,18);1-3,8-9H;4-5H,1-3H2;1H4. The summed E-state index contributed by atoms with van der Waals surface area (Å²) >= 11 is 3.46. The molecule has 1 fully saturated rings. The van der Waals surface area contributed by atoms with Crippen LogP contribution in [0.1, 0.15) is 42.5 Å². The molecule has 18 nitrogen and oxygen atoms in total. The summed E-state index contributed by atoms with van der Waals surface area (Å²) in [6.07, 6.45) is 10.4. The summed E-state index contributed by atoms with van der Waals surface area (Å²) in [4.78, 5) is 24.4. The summed E-state index contributed by atoms with van der Waals surface area (Å²) < 4.78 is 28.5. The van der Waals surface area contributed by atoms with Crippen molar-refractivity contribution in [2.45, 2.75) is 37.6 Å². The van der Waals surface area contributed by atoms with E-state index in [4.69, 9.17) is 50.3 Å². The molecule has 6 aromatic rings. The van der Waals surface area contributed by atoms with Crippen LogP contribution < -0.4 is 26.4 Å². The van der Waals surface area contributed by atoms with Gasteiger partial charge < -0.3 is 60.5 Å². The summed E-state index contributed by atoms with van der Waals surface area (Å²) in [6, 6.07) is 21.7. The molecule has 0 amide bonds. The Hall–Kier alpha value is -6.84. The summed E-state index contributed by atoms with van der Waals surface area (Å²) in [5, 5.41) is 45.3. The molecule has 20 heteroatoms. The number of aromatic nitrogens is 4. The van der Waals surface area contributed by atoms with Crippen molar-refractivity contribution in [1.82, 2.24) is 19.9 Å². The maximum atomic E-state index is 9.99. The average Bonchev–Trinajstić information content (AvgIpc) is 4.04. The molecule has 0 saturated carbocycles. The Bertz CT molecular complexity index is 2590. The highest BCUT2D eigenvalue weighted by Gasteiger charge is 2.48. The number of aromatic hydroxyl groups is 2. The first-order valence-electron chi connectivity index (χ1n) is 19.0. The van der Waals surface area contributed by atoms with E-state index in [0.29, 0.717) is 34.0 Å². The van der Waals surface area contributed by atoms with Crippen molar-refractivity contribution in [2.75, 3.05) is 19.8 Å². The van der Waals surface area contributed by atoms with Crippen molar-refractivity contribution in [3.8, 4) is 45.6 Å². The molecule has 324 valence electrons. The molecule has 5 aliphatic rings. The van der Waals surface area contributed by atoms with Crippen LogP contribution in [0.4, 0.5) is 0 Å². The number of phenols is 2. The molecule has 63 heavy (non-hydrogen) atoms. The number of hydrogen-bond acceptors (Lipinski definition) is 18. The molecule has 4 aromatic carbocycles. The Kier molecular flexibility index (Phi) is 13.1. The summed E-state index contributed by atoms with van der Waals surface area (Å²) in [5.74, 6) is 2.92. The summed E-state index contributed by atoms with van der Waals surface area (Å²) in [7, 11) is -1.47. The number of nitrogens with zero attached hydrogens (tertiary/aromatic N) is 6. The van der Waals surface area contributed by atoms with E-state index in [0.717, 1.165) is 51.7 Å². The number of nitrogens with two attached hydrogens (primary N) is 2. The molecular formula is C43H42BBrN8O10. The van der Waals surface area contributed by atoms with E-state index in [9.17, 15) is 10.2 Å².